The highest BCUT2D eigenvalue weighted by molar-refractivity contribution is 5.95. The van der Waals surface area contributed by atoms with Crippen LogP contribution in [0, 0.1) is 0 Å². The summed E-state index contributed by atoms with van der Waals surface area (Å²) in [6.07, 6.45) is 0. The van der Waals surface area contributed by atoms with Crippen molar-refractivity contribution in [1.82, 2.24) is 9.97 Å². The van der Waals surface area contributed by atoms with Crippen molar-refractivity contribution in [2.75, 3.05) is 10.2 Å². The summed E-state index contributed by atoms with van der Waals surface area (Å²) in [6, 6.07) is 47.2. The zero-order valence-electron chi connectivity index (χ0n) is 19.6. The number of hydrogen-bond acceptors (Lipinski definition) is 4. The third-order valence-electron chi connectivity index (χ3n) is 6.06. The van der Waals surface area contributed by atoms with Crippen LogP contribution in [0.1, 0.15) is 0 Å². The fourth-order valence-electron chi connectivity index (χ4n) is 4.38. The van der Waals surface area contributed by atoms with E-state index in [9.17, 15) is 0 Å². The molecule has 0 aliphatic heterocycles. The average molecular weight is 465 g/mol. The van der Waals surface area contributed by atoms with E-state index in [0.29, 0.717) is 0 Å². The number of fused-ring (bicyclic) bond motifs is 1. The van der Waals surface area contributed by atoms with Crippen LogP contribution in [0.25, 0.3) is 22.2 Å². The van der Waals surface area contributed by atoms with Gasteiger partial charge in [0, 0.05) is 22.4 Å². The van der Waals surface area contributed by atoms with Crippen LogP contribution in [0.4, 0.5) is 28.7 Å². The maximum absolute atomic E-state index is 5.03. The molecule has 0 saturated heterocycles. The van der Waals surface area contributed by atoms with Gasteiger partial charge in [-0.3, -0.25) is 4.90 Å². The van der Waals surface area contributed by atoms with E-state index in [-0.39, 0.29) is 0 Å². The number of benzene rings is 4. The summed E-state index contributed by atoms with van der Waals surface area (Å²) in [4.78, 5) is 12.1. The molecule has 0 aliphatic carbocycles. The van der Waals surface area contributed by atoms with Crippen molar-refractivity contribution in [3.63, 3.8) is 0 Å². The zero-order chi connectivity index (χ0) is 24.2. The van der Waals surface area contributed by atoms with E-state index in [0.717, 1.165) is 45.5 Å². The Morgan fingerprint density at radius 2 is 1.06 bits per heavy atom. The number of nitrogens with one attached hydrogen (secondary N) is 1. The summed E-state index contributed by atoms with van der Waals surface area (Å²) in [5.41, 5.74) is 4.74. The van der Waals surface area contributed by atoms with Crippen LogP contribution in [0.15, 0.2) is 140 Å². The molecule has 2 aromatic heterocycles. The maximum Gasteiger partial charge on any atom is 0.138 e. The first-order valence-electron chi connectivity index (χ1n) is 11.9. The van der Waals surface area contributed by atoms with Gasteiger partial charge in [0.1, 0.15) is 11.6 Å². The zero-order valence-corrected chi connectivity index (χ0v) is 19.6. The molecule has 0 fully saturated rings. The standard InChI is InChI=1S/C32H24N4/c1-3-14-25(15-4-1)36(26-16-5-2-6-17-26)32-23-11-21-30(35-32)29-20-10-22-31(34-29)33-28-19-9-13-24-12-7-8-18-27(24)28/h1-23H,(H,33,34). The van der Waals surface area contributed by atoms with E-state index in [2.05, 4.69) is 76.9 Å². The lowest BCUT2D eigenvalue weighted by molar-refractivity contribution is 1.17. The van der Waals surface area contributed by atoms with E-state index in [1.54, 1.807) is 0 Å². The molecule has 0 spiro atoms. The fraction of sp³-hybridized carbons (Fsp3) is 0. The Bertz CT molecular complexity index is 1570. The van der Waals surface area contributed by atoms with Crippen molar-refractivity contribution in [2.24, 2.45) is 0 Å². The molecule has 0 unspecified atom stereocenters. The van der Waals surface area contributed by atoms with Crippen molar-refractivity contribution < 1.29 is 0 Å². The topological polar surface area (TPSA) is 41.0 Å². The van der Waals surface area contributed by atoms with Crippen LogP contribution in [0.2, 0.25) is 0 Å². The van der Waals surface area contributed by atoms with E-state index in [1.165, 1.54) is 5.39 Å². The van der Waals surface area contributed by atoms with Crippen LogP contribution in [0.3, 0.4) is 0 Å². The quantitative estimate of drug-likeness (QED) is 0.268. The summed E-state index contributed by atoms with van der Waals surface area (Å²) in [5.74, 6) is 1.61. The number of aromatic nitrogens is 2. The Labute approximate surface area is 210 Å². The molecule has 4 aromatic carbocycles. The Morgan fingerprint density at radius 1 is 0.472 bits per heavy atom. The third-order valence-corrected chi connectivity index (χ3v) is 6.06. The summed E-state index contributed by atoms with van der Waals surface area (Å²) >= 11 is 0. The normalized spacial score (nSPS) is 10.8. The highest BCUT2D eigenvalue weighted by Gasteiger charge is 2.14. The number of anilines is 5. The van der Waals surface area contributed by atoms with Crippen molar-refractivity contribution in [2.45, 2.75) is 0 Å². The number of nitrogens with zero attached hydrogens (tertiary/aromatic N) is 3. The van der Waals surface area contributed by atoms with Crippen molar-refractivity contribution in [3.05, 3.63) is 140 Å². The van der Waals surface area contributed by atoms with Crippen LogP contribution in [0.5, 0.6) is 0 Å². The second-order valence-corrected chi connectivity index (χ2v) is 8.45. The molecule has 0 radical (unpaired) electrons. The van der Waals surface area contributed by atoms with Crippen molar-refractivity contribution in [1.29, 1.82) is 0 Å². The predicted molar refractivity (Wildman–Crippen MR) is 149 cm³/mol. The van der Waals surface area contributed by atoms with Crippen LogP contribution >= 0.6 is 0 Å². The predicted octanol–water partition coefficient (Wildman–Crippen LogP) is 8.51. The van der Waals surface area contributed by atoms with E-state index < -0.39 is 0 Å². The molecule has 2 heterocycles. The molecule has 6 rings (SSSR count). The smallest absolute Gasteiger partial charge is 0.138 e. The van der Waals surface area contributed by atoms with Gasteiger partial charge in [0.2, 0.25) is 0 Å². The molecule has 0 bridgehead atoms. The van der Waals surface area contributed by atoms with E-state index in [1.807, 2.05) is 72.8 Å². The molecule has 0 atom stereocenters. The van der Waals surface area contributed by atoms with Crippen molar-refractivity contribution in [3.8, 4) is 11.4 Å². The highest BCUT2D eigenvalue weighted by atomic mass is 15.2. The Morgan fingerprint density at radius 3 is 1.81 bits per heavy atom. The second-order valence-electron chi connectivity index (χ2n) is 8.45. The van der Waals surface area contributed by atoms with Gasteiger partial charge in [-0.05, 0) is 60.0 Å². The molecule has 6 aromatic rings. The van der Waals surface area contributed by atoms with Gasteiger partial charge in [-0.1, -0.05) is 84.9 Å². The van der Waals surface area contributed by atoms with Gasteiger partial charge < -0.3 is 5.32 Å². The van der Waals surface area contributed by atoms with Crippen molar-refractivity contribution >= 4 is 39.5 Å². The molecule has 0 amide bonds. The van der Waals surface area contributed by atoms with Crippen LogP contribution in [-0.4, -0.2) is 9.97 Å². The number of hydrogen-bond donors (Lipinski definition) is 1. The lowest BCUT2D eigenvalue weighted by Crippen LogP contribution is -2.11. The molecule has 1 N–H and O–H groups in total. The molecule has 0 aliphatic rings. The van der Waals surface area contributed by atoms with Gasteiger partial charge in [0.25, 0.3) is 0 Å². The molecular weight excluding hydrogens is 440 g/mol. The average Bonchev–Trinajstić information content (AvgIpc) is 2.95. The minimum Gasteiger partial charge on any atom is -0.340 e. The minimum atomic E-state index is 0.777. The molecule has 36 heavy (non-hydrogen) atoms. The molecular formula is C32H24N4. The summed E-state index contributed by atoms with van der Waals surface area (Å²) < 4.78 is 0. The second kappa shape index (κ2) is 9.72. The van der Waals surface area contributed by atoms with Gasteiger partial charge in [-0.25, -0.2) is 9.97 Å². The van der Waals surface area contributed by atoms with Crippen LogP contribution < -0.4 is 10.2 Å². The summed E-state index contributed by atoms with van der Waals surface area (Å²) in [7, 11) is 0. The third kappa shape index (κ3) is 4.40. The number of pyridine rings is 2. The summed E-state index contributed by atoms with van der Waals surface area (Å²) in [5, 5.41) is 5.85. The first kappa shape index (κ1) is 21.6. The Balaban J connectivity index is 1.37. The first-order valence-corrected chi connectivity index (χ1v) is 11.9. The Kier molecular flexibility index (Phi) is 5.83. The highest BCUT2D eigenvalue weighted by Crippen LogP contribution is 2.34. The van der Waals surface area contributed by atoms with Gasteiger partial charge in [-0.2, -0.15) is 0 Å². The monoisotopic (exact) mass is 464 g/mol. The molecule has 0 saturated carbocycles. The summed E-state index contributed by atoms with van der Waals surface area (Å²) in [6.45, 7) is 0. The lowest BCUT2D eigenvalue weighted by Gasteiger charge is -2.24. The molecule has 172 valence electrons. The van der Waals surface area contributed by atoms with Gasteiger partial charge >= 0.3 is 0 Å². The minimum absolute atomic E-state index is 0.777. The lowest BCUT2D eigenvalue weighted by atomic mass is 10.1. The van der Waals surface area contributed by atoms with E-state index >= 15 is 0 Å². The molecule has 4 nitrogen and oxygen atoms in total. The first-order chi connectivity index (χ1) is 17.8. The van der Waals surface area contributed by atoms with Crippen LogP contribution in [-0.2, 0) is 0 Å². The SMILES string of the molecule is c1ccc(N(c2ccccc2)c2cccc(-c3cccc(Nc4cccc5ccccc45)n3)n2)cc1. The van der Waals surface area contributed by atoms with Gasteiger partial charge in [0.05, 0.1) is 11.4 Å². The van der Waals surface area contributed by atoms with Gasteiger partial charge in [-0.15, -0.1) is 0 Å². The largest absolute Gasteiger partial charge is 0.340 e. The van der Waals surface area contributed by atoms with Gasteiger partial charge in [0.15, 0.2) is 0 Å². The maximum atomic E-state index is 5.03. The van der Waals surface area contributed by atoms with E-state index in [4.69, 9.17) is 9.97 Å². The molecule has 4 heteroatoms. The number of rotatable bonds is 6. The fourth-order valence-corrected chi connectivity index (χ4v) is 4.38. The number of para-hydroxylation sites is 2. The Hall–Kier alpha value is -4.96.